The zero-order valence-corrected chi connectivity index (χ0v) is 8.91. The number of aliphatic imine (C=N–C) groups is 1. The molecule has 2 rings (SSSR count). The first kappa shape index (κ1) is 12.6. The van der Waals surface area contributed by atoms with Crippen molar-refractivity contribution in [3.63, 3.8) is 0 Å². The highest BCUT2D eigenvalue weighted by Crippen LogP contribution is 2.27. The molecule has 1 fully saturated rings. The summed E-state index contributed by atoms with van der Waals surface area (Å²) in [5, 5.41) is 1.89. The van der Waals surface area contributed by atoms with Gasteiger partial charge in [0, 0.05) is 0 Å². The topological polar surface area (TPSA) is 50.4 Å². The van der Waals surface area contributed by atoms with Crippen molar-refractivity contribution >= 4 is 11.6 Å². The molecule has 0 radical (unpaired) electrons. The molecule has 0 aromatic heterocycles. The SMILES string of the molecule is NC(=NC1CC1)Nc1c(F)c(F)c(F)c(F)c1F. The molecule has 0 bridgehead atoms. The molecule has 0 amide bonds. The van der Waals surface area contributed by atoms with Gasteiger partial charge in [-0.3, -0.25) is 0 Å². The number of anilines is 1. The Morgan fingerprint density at radius 1 is 0.944 bits per heavy atom. The summed E-state index contributed by atoms with van der Waals surface area (Å²) in [7, 11) is 0. The van der Waals surface area contributed by atoms with E-state index in [1.54, 1.807) is 0 Å². The van der Waals surface area contributed by atoms with E-state index in [0.717, 1.165) is 12.8 Å². The maximum atomic E-state index is 13.2. The zero-order chi connectivity index (χ0) is 13.4. The Morgan fingerprint density at radius 2 is 1.39 bits per heavy atom. The standard InChI is InChI=1S/C10H8F5N3/c11-4-5(12)7(14)9(8(15)6(4)13)18-10(16)17-3-1-2-3/h3H,1-2H2,(H3,16,17,18). The Bertz CT molecular complexity index is 496. The zero-order valence-electron chi connectivity index (χ0n) is 8.91. The molecule has 1 aromatic rings. The first-order chi connectivity index (χ1) is 8.41. The minimum atomic E-state index is -2.21. The van der Waals surface area contributed by atoms with E-state index >= 15 is 0 Å². The molecule has 8 heteroatoms. The van der Waals surface area contributed by atoms with Crippen LogP contribution in [0.3, 0.4) is 0 Å². The maximum Gasteiger partial charge on any atom is 0.200 e. The van der Waals surface area contributed by atoms with Crippen molar-refractivity contribution in [1.82, 2.24) is 0 Å². The fraction of sp³-hybridized carbons (Fsp3) is 0.300. The predicted molar refractivity (Wildman–Crippen MR) is 54.5 cm³/mol. The van der Waals surface area contributed by atoms with E-state index in [2.05, 4.69) is 4.99 Å². The molecule has 1 aliphatic rings. The van der Waals surface area contributed by atoms with Gasteiger partial charge in [-0.25, -0.2) is 26.9 Å². The molecule has 1 saturated carbocycles. The van der Waals surface area contributed by atoms with E-state index in [0.29, 0.717) is 0 Å². The molecule has 0 unspecified atom stereocenters. The normalized spacial score (nSPS) is 15.9. The van der Waals surface area contributed by atoms with Crippen LogP contribution in [0.25, 0.3) is 0 Å². The van der Waals surface area contributed by atoms with Crippen molar-refractivity contribution in [2.75, 3.05) is 5.32 Å². The van der Waals surface area contributed by atoms with E-state index in [1.165, 1.54) is 0 Å². The average molecular weight is 265 g/mol. The molecular formula is C10H8F5N3. The van der Waals surface area contributed by atoms with Gasteiger partial charge in [0.25, 0.3) is 0 Å². The van der Waals surface area contributed by atoms with Crippen LogP contribution in [-0.2, 0) is 0 Å². The summed E-state index contributed by atoms with van der Waals surface area (Å²) in [6.07, 6.45) is 1.55. The van der Waals surface area contributed by atoms with Crippen LogP contribution in [0, 0.1) is 29.1 Å². The van der Waals surface area contributed by atoms with E-state index in [4.69, 9.17) is 5.73 Å². The number of guanidine groups is 1. The highest BCUT2D eigenvalue weighted by atomic mass is 19.2. The summed E-state index contributed by atoms with van der Waals surface area (Å²) in [4.78, 5) is 3.76. The largest absolute Gasteiger partial charge is 0.370 e. The third-order valence-electron chi connectivity index (χ3n) is 2.33. The molecule has 1 aromatic carbocycles. The summed E-state index contributed by atoms with van der Waals surface area (Å²) in [6.45, 7) is 0. The van der Waals surface area contributed by atoms with Crippen LogP contribution in [0.2, 0.25) is 0 Å². The van der Waals surface area contributed by atoms with Gasteiger partial charge in [-0.2, -0.15) is 0 Å². The lowest BCUT2D eigenvalue weighted by molar-refractivity contribution is 0.382. The smallest absolute Gasteiger partial charge is 0.200 e. The lowest BCUT2D eigenvalue weighted by atomic mass is 10.2. The fourth-order valence-electron chi connectivity index (χ4n) is 1.28. The molecular weight excluding hydrogens is 257 g/mol. The molecule has 1 aliphatic carbocycles. The number of nitrogens with one attached hydrogen (secondary N) is 1. The van der Waals surface area contributed by atoms with Gasteiger partial charge in [-0.05, 0) is 12.8 Å². The highest BCUT2D eigenvalue weighted by molar-refractivity contribution is 5.92. The van der Waals surface area contributed by atoms with Crippen molar-refractivity contribution in [2.45, 2.75) is 18.9 Å². The van der Waals surface area contributed by atoms with Gasteiger partial charge in [-0.15, -0.1) is 0 Å². The van der Waals surface area contributed by atoms with Gasteiger partial charge < -0.3 is 11.1 Å². The Hall–Kier alpha value is -1.86. The maximum absolute atomic E-state index is 13.2. The Balaban J connectivity index is 2.38. The van der Waals surface area contributed by atoms with Crippen LogP contribution in [-0.4, -0.2) is 12.0 Å². The molecule has 18 heavy (non-hydrogen) atoms. The number of halogens is 5. The molecule has 3 N–H and O–H groups in total. The summed E-state index contributed by atoms with van der Waals surface area (Å²) in [5.41, 5.74) is 4.09. The Morgan fingerprint density at radius 3 is 1.83 bits per heavy atom. The second-order valence-electron chi connectivity index (χ2n) is 3.82. The fourth-order valence-corrected chi connectivity index (χ4v) is 1.28. The van der Waals surface area contributed by atoms with Gasteiger partial charge in [0.05, 0.1) is 6.04 Å². The predicted octanol–water partition coefficient (Wildman–Crippen LogP) is 2.27. The number of hydrogen-bond acceptors (Lipinski definition) is 1. The molecule has 0 atom stereocenters. The van der Waals surface area contributed by atoms with E-state index in [1.807, 2.05) is 5.32 Å². The minimum Gasteiger partial charge on any atom is -0.370 e. The lowest BCUT2D eigenvalue weighted by Crippen LogP contribution is -2.25. The second kappa shape index (κ2) is 4.43. The van der Waals surface area contributed by atoms with E-state index in [-0.39, 0.29) is 12.0 Å². The van der Waals surface area contributed by atoms with Crippen molar-refractivity contribution < 1.29 is 22.0 Å². The molecule has 3 nitrogen and oxygen atoms in total. The molecule has 0 heterocycles. The average Bonchev–Trinajstić information content (AvgIpc) is 3.13. The highest BCUT2D eigenvalue weighted by Gasteiger charge is 2.27. The number of nitrogens with zero attached hydrogens (tertiary/aromatic N) is 1. The third kappa shape index (κ3) is 2.22. The minimum absolute atomic E-state index is 0.0567. The van der Waals surface area contributed by atoms with Crippen LogP contribution < -0.4 is 11.1 Å². The third-order valence-corrected chi connectivity index (χ3v) is 2.33. The number of rotatable bonds is 2. The summed E-state index contributed by atoms with van der Waals surface area (Å²) in [5.74, 6) is -10.6. The van der Waals surface area contributed by atoms with Crippen molar-refractivity contribution in [1.29, 1.82) is 0 Å². The summed E-state index contributed by atoms with van der Waals surface area (Å²) < 4.78 is 64.9. The van der Waals surface area contributed by atoms with E-state index in [9.17, 15) is 22.0 Å². The molecule has 0 aliphatic heterocycles. The summed E-state index contributed by atoms with van der Waals surface area (Å²) in [6, 6.07) is -0.0567. The van der Waals surface area contributed by atoms with E-state index < -0.39 is 34.8 Å². The molecule has 0 saturated heterocycles. The quantitative estimate of drug-likeness (QED) is 0.283. The van der Waals surface area contributed by atoms with Gasteiger partial charge in [-0.1, -0.05) is 0 Å². The Kier molecular flexibility index (Phi) is 3.10. The van der Waals surface area contributed by atoms with Crippen LogP contribution in [0.15, 0.2) is 4.99 Å². The van der Waals surface area contributed by atoms with Gasteiger partial charge in [0.15, 0.2) is 29.2 Å². The Labute approximate surface area is 98.5 Å². The van der Waals surface area contributed by atoms with Gasteiger partial charge in [0.1, 0.15) is 5.69 Å². The first-order valence-electron chi connectivity index (χ1n) is 5.03. The van der Waals surface area contributed by atoms with Crippen LogP contribution in [0.5, 0.6) is 0 Å². The van der Waals surface area contributed by atoms with Crippen molar-refractivity contribution in [3.8, 4) is 0 Å². The van der Waals surface area contributed by atoms with Gasteiger partial charge >= 0.3 is 0 Å². The molecule has 98 valence electrons. The van der Waals surface area contributed by atoms with Crippen LogP contribution in [0.4, 0.5) is 27.6 Å². The number of benzene rings is 1. The monoisotopic (exact) mass is 265 g/mol. The van der Waals surface area contributed by atoms with Crippen molar-refractivity contribution in [3.05, 3.63) is 29.1 Å². The number of hydrogen-bond donors (Lipinski definition) is 2. The van der Waals surface area contributed by atoms with Crippen LogP contribution >= 0.6 is 0 Å². The van der Waals surface area contributed by atoms with Gasteiger partial charge in [0.2, 0.25) is 5.82 Å². The lowest BCUT2D eigenvalue weighted by Gasteiger charge is -2.09. The first-order valence-corrected chi connectivity index (χ1v) is 5.03. The number of nitrogens with two attached hydrogens (primary N) is 1. The van der Waals surface area contributed by atoms with Crippen molar-refractivity contribution in [2.24, 2.45) is 10.7 Å². The van der Waals surface area contributed by atoms with Crippen LogP contribution in [0.1, 0.15) is 12.8 Å². The molecule has 0 spiro atoms. The second-order valence-corrected chi connectivity index (χ2v) is 3.82. The summed E-state index contributed by atoms with van der Waals surface area (Å²) >= 11 is 0.